The van der Waals surface area contributed by atoms with E-state index in [9.17, 15) is 15.3 Å². The molecule has 3 saturated carbocycles. The summed E-state index contributed by atoms with van der Waals surface area (Å²) in [5.74, 6) is 0.509. The Morgan fingerprint density at radius 1 is 0.372 bits per heavy atom. The number of hydrogen-bond acceptors (Lipinski definition) is 9. The first kappa shape index (κ1) is 60.0. The van der Waals surface area contributed by atoms with Crippen molar-refractivity contribution in [2.75, 3.05) is 0 Å². The molecule has 4 aliphatic rings. The summed E-state index contributed by atoms with van der Waals surface area (Å²) < 4.78 is 0. The molecular weight excluding hydrogens is 961 g/mol. The third-order valence-corrected chi connectivity index (χ3v) is 16.5. The highest BCUT2D eigenvalue weighted by Crippen LogP contribution is 2.32. The van der Waals surface area contributed by atoms with E-state index in [1.807, 2.05) is 92.8 Å². The molecule has 3 aromatic rings. The highest BCUT2D eigenvalue weighted by molar-refractivity contribution is 5.95. The lowest BCUT2D eigenvalue weighted by Crippen LogP contribution is -2.27. The summed E-state index contributed by atoms with van der Waals surface area (Å²) >= 11 is 0. The van der Waals surface area contributed by atoms with Crippen LogP contribution in [0.4, 0.5) is 0 Å². The van der Waals surface area contributed by atoms with E-state index in [4.69, 9.17) is 30.0 Å². The van der Waals surface area contributed by atoms with Crippen molar-refractivity contribution in [2.24, 2.45) is 30.0 Å². The topological polar surface area (TPSA) is 135 Å². The molecular formula is C69H96N6O3. The Hall–Kier alpha value is -5.70. The minimum absolute atomic E-state index is 0.0509. The number of aliphatic imine (C=N–C) groups is 6. The van der Waals surface area contributed by atoms with E-state index in [1.54, 1.807) is 0 Å². The van der Waals surface area contributed by atoms with Gasteiger partial charge in [-0.15, -0.1) is 0 Å². The maximum Gasteiger partial charge on any atom is 0.133 e. The minimum atomic E-state index is -0.0746. The molecule has 6 unspecified atom stereocenters. The molecule has 0 spiro atoms. The first-order valence-corrected chi connectivity index (χ1v) is 31.1. The number of rotatable bonds is 21. The van der Waals surface area contributed by atoms with Gasteiger partial charge in [0.25, 0.3) is 0 Å². The third-order valence-electron chi connectivity index (χ3n) is 16.5. The number of aromatic hydroxyl groups is 3. The van der Waals surface area contributed by atoms with Crippen molar-refractivity contribution in [2.45, 2.75) is 250 Å². The van der Waals surface area contributed by atoms with Crippen molar-refractivity contribution in [3.05, 3.63) is 105 Å². The largest absolute Gasteiger partial charge is 0.507 e. The summed E-state index contributed by atoms with van der Waals surface area (Å²) in [5.41, 5.74) is 7.00. The Morgan fingerprint density at radius 2 is 0.667 bits per heavy atom. The number of phenols is 3. The van der Waals surface area contributed by atoms with Crippen LogP contribution < -0.4 is 0 Å². The predicted molar refractivity (Wildman–Crippen MR) is 335 cm³/mol. The van der Waals surface area contributed by atoms with Crippen LogP contribution in [0.3, 0.4) is 0 Å². The molecule has 1 aliphatic heterocycles. The molecule has 1 heterocycles. The molecule has 0 amide bonds. The van der Waals surface area contributed by atoms with Crippen LogP contribution in [0.1, 0.15) is 263 Å². The van der Waals surface area contributed by atoms with Crippen LogP contribution in [-0.2, 0) is 0 Å². The Labute approximate surface area is 470 Å². The quantitative estimate of drug-likeness (QED) is 0.0917. The molecule has 78 heavy (non-hydrogen) atoms. The molecule has 0 aromatic heterocycles. The number of hydrogen-bond donors (Lipinski definition) is 3. The van der Waals surface area contributed by atoms with Crippen molar-refractivity contribution in [3.8, 4) is 17.2 Å². The zero-order valence-corrected chi connectivity index (χ0v) is 48.1. The van der Waals surface area contributed by atoms with Crippen LogP contribution >= 0.6 is 0 Å². The first-order chi connectivity index (χ1) is 38.3. The molecule has 9 nitrogen and oxygen atoms in total. The van der Waals surface area contributed by atoms with E-state index in [-0.39, 0.29) is 53.5 Å². The highest BCUT2D eigenvalue weighted by Gasteiger charge is 2.26. The smallest absolute Gasteiger partial charge is 0.133 e. The van der Waals surface area contributed by atoms with Gasteiger partial charge in [-0.2, -0.15) is 0 Å². The number of nitrogens with zero attached hydrogens (tertiary/aromatic N) is 6. The van der Waals surface area contributed by atoms with Crippen LogP contribution in [0.25, 0.3) is 18.2 Å². The van der Waals surface area contributed by atoms with Gasteiger partial charge < -0.3 is 15.3 Å². The van der Waals surface area contributed by atoms with Gasteiger partial charge in [0.2, 0.25) is 0 Å². The average Bonchev–Trinajstić information content (AvgIpc) is 3.45. The fourth-order valence-electron chi connectivity index (χ4n) is 11.8. The maximum absolute atomic E-state index is 12.0. The van der Waals surface area contributed by atoms with Gasteiger partial charge in [0, 0.05) is 70.7 Å². The number of phenolic OH excluding ortho intramolecular Hbond substituents is 3. The molecule has 7 rings (SSSR count). The molecule has 0 saturated heterocycles. The van der Waals surface area contributed by atoms with Gasteiger partial charge in [0.1, 0.15) is 17.2 Å². The molecule has 420 valence electrons. The van der Waals surface area contributed by atoms with Gasteiger partial charge in [-0.05, 0) is 137 Å². The minimum Gasteiger partial charge on any atom is -0.507 e. The fraction of sp³-hybridized carbons (Fsp3) is 0.565. The number of unbranched alkanes of at least 4 members (excludes halogenated alkanes) is 16. The Bertz CT molecular complexity index is 2580. The zero-order chi connectivity index (χ0) is 54.6. The van der Waals surface area contributed by atoms with Crippen LogP contribution in [0.15, 0.2) is 84.6 Å². The van der Waals surface area contributed by atoms with Crippen molar-refractivity contribution >= 4 is 55.5 Å². The second kappa shape index (κ2) is 33.7. The second-order valence-corrected chi connectivity index (χ2v) is 23.0. The van der Waals surface area contributed by atoms with Crippen LogP contribution in [0.2, 0.25) is 0 Å². The lowest BCUT2D eigenvalue weighted by Gasteiger charge is -2.26. The van der Waals surface area contributed by atoms with Crippen LogP contribution in [-0.4, -0.2) is 88.9 Å². The summed E-state index contributed by atoms with van der Waals surface area (Å²) in [6, 6.07) is 12.0. The molecule has 3 fully saturated rings. The number of fused-ring (bicyclic) bond motifs is 10. The average molecular weight is 1060 g/mol. The van der Waals surface area contributed by atoms with Gasteiger partial charge in [-0.3, -0.25) is 30.0 Å². The van der Waals surface area contributed by atoms with E-state index in [0.29, 0.717) is 33.4 Å². The summed E-state index contributed by atoms with van der Waals surface area (Å²) in [5, 5.41) is 35.7. The van der Waals surface area contributed by atoms with Crippen LogP contribution in [0, 0.1) is 0 Å². The molecule has 3 aromatic carbocycles. The fourth-order valence-corrected chi connectivity index (χ4v) is 11.8. The van der Waals surface area contributed by atoms with Crippen LogP contribution in [0.5, 0.6) is 17.2 Å². The highest BCUT2D eigenvalue weighted by atomic mass is 16.3. The van der Waals surface area contributed by atoms with Gasteiger partial charge in [-0.25, -0.2) is 0 Å². The maximum atomic E-state index is 12.0. The van der Waals surface area contributed by atoms with Gasteiger partial charge >= 0.3 is 0 Å². The lowest BCUT2D eigenvalue weighted by molar-refractivity contribution is 0.389. The van der Waals surface area contributed by atoms with E-state index in [0.717, 1.165) is 107 Å². The summed E-state index contributed by atoms with van der Waals surface area (Å²) in [6.45, 7) is 6.54. The van der Waals surface area contributed by atoms with Crippen molar-refractivity contribution in [3.63, 3.8) is 0 Å². The SMILES string of the molecule is C/C=C/c1cc2c(O)c(c1)C=NC1CCCCC1N=Cc1cc(/C=C\CCCCCCCCCC)cc(c1O)C=NC1CCCCC1N=Cc1cc(/C=C\CCCCCCCCCC)cc(c1O)C=NC1CCCC(C1)N=C2. The zero-order valence-electron chi connectivity index (χ0n) is 48.1. The number of benzene rings is 3. The van der Waals surface area contributed by atoms with Crippen molar-refractivity contribution < 1.29 is 15.3 Å². The second-order valence-electron chi connectivity index (χ2n) is 23.0. The first-order valence-electron chi connectivity index (χ1n) is 31.1. The van der Waals surface area contributed by atoms with E-state index in [1.165, 1.54) is 103 Å². The van der Waals surface area contributed by atoms with E-state index in [2.05, 4.69) is 38.2 Å². The molecule has 3 N–H and O–H groups in total. The predicted octanol–water partition coefficient (Wildman–Crippen LogP) is 17.8. The van der Waals surface area contributed by atoms with Gasteiger partial charge in [0.05, 0.1) is 36.3 Å². The van der Waals surface area contributed by atoms with Gasteiger partial charge in [-0.1, -0.05) is 166 Å². The summed E-state index contributed by atoms with van der Waals surface area (Å²) in [4.78, 5) is 31.0. The standard InChI is InChI=1S/C69H96N6O3/c1-4-7-9-11-13-15-17-19-21-23-31-53-41-56-47-71-62-34-29-33-61(45-62)70-46-55-39-52(30-6-3)40-57(67(55)76)48-72-63-35-25-26-36-64(63)74-50-59-43-54(32-24-22-20-18-16-14-12-10-8-5-2)44-60(69(59)78)51-75-66-38-28-27-37-65(66)73-49-58(42-53)68(56)77/h6,23-24,30-32,39-44,46-51,61-66,76-78H,4-5,7-22,25-29,33-38,45H2,1-3H3/b30-6+,31-23-,32-24-,70-46?,71-47?,72-48?,73-49?,74-50?,75-51?. The molecule has 8 bridgehead atoms. The molecule has 9 heteroatoms. The molecule has 0 radical (unpaired) electrons. The Morgan fingerprint density at radius 3 is 0.987 bits per heavy atom. The monoisotopic (exact) mass is 1060 g/mol. The van der Waals surface area contributed by atoms with E-state index < -0.39 is 0 Å². The van der Waals surface area contributed by atoms with Crippen molar-refractivity contribution in [1.82, 2.24) is 0 Å². The number of allylic oxidation sites excluding steroid dienone is 3. The third kappa shape index (κ3) is 19.6. The van der Waals surface area contributed by atoms with Crippen molar-refractivity contribution in [1.29, 1.82) is 0 Å². The molecule has 6 atom stereocenters. The van der Waals surface area contributed by atoms with E-state index >= 15 is 0 Å². The lowest BCUT2D eigenvalue weighted by atomic mass is 9.91. The Balaban J connectivity index is 1.22. The summed E-state index contributed by atoms with van der Waals surface area (Å²) in [6.07, 6.45) is 58.3. The normalized spacial score (nSPS) is 22.0. The van der Waals surface area contributed by atoms with Gasteiger partial charge in [0.15, 0.2) is 0 Å². The summed E-state index contributed by atoms with van der Waals surface area (Å²) in [7, 11) is 0. The molecule has 3 aliphatic carbocycles. The Kier molecular flexibility index (Phi) is 25.9.